The Kier molecular flexibility index (Phi) is 6.80. The van der Waals surface area contributed by atoms with Gasteiger partial charge in [-0.3, -0.25) is 9.80 Å². The van der Waals surface area contributed by atoms with Crippen LogP contribution in [0.2, 0.25) is 0 Å². The SMILES string of the molecule is Cc1ccc(C(F)(F)F)c(C)c1N1Cc2cnc(Nc3ccc(N4CCN(C)CC4)cc3)nc2N(C23CC4CC(CC2C4)C3)C1=O. The minimum absolute atomic E-state index is 0.0678. The van der Waals surface area contributed by atoms with Gasteiger partial charge in [0.1, 0.15) is 5.82 Å². The highest BCUT2D eigenvalue weighted by Crippen LogP contribution is 2.64. The van der Waals surface area contributed by atoms with Crippen LogP contribution < -0.4 is 20.0 Å². The van der Waals surface area contributed by atoms with Crippen LogP contribution in [0.5, 0.6) is 0 Å². The Morgan fingerprint density at radius 2 is 1.63 bits per heavy atom. The Morgan fingerprint density at radius 3 is 2.30 bits per heavy atom. The maximum absolute atomic E-state index is 14.8. The van der Waals surface area contributed by atoms with Gasteiger partial charge >= 0.3 is 12.2 Å². The third kappa shape index (κ3) is 4.72. The summed E-state index contributed by atoms with van der Waals surface area (Å²) in [6.45, 7) is 7.40. The molecule has 0 spiro atoms. The number of alkyl halides is 3. The number of hydrogen-bond donors (Lipinski definition) is 1. The molecule has 4 saturated carbocycles. The zero-order valence-corrected chi connectivity index (χ0v) is 26.6. The molecule has 242 valence electrons. The Labute approximate surface area is 267 Å². The van der Waals surface area contributed by atoms with Crippen LogP contribution >= 0.6 is 0 Å². The van der Waals surface area contributed by atoms with Gasteiger partial charge in [0.25, 0.3) is 0 Å². The number of carbonyl (C=O) groups excluding carboxylic acids is 1. The first-order valence-electron chi connectivity index (χ1n) is 16.5. The van der Waals surface area contributed by atoms with E-state index in [9.17, 15) is 18.0 Å². The Morgan fingerprint density at radius 1 is 0.935 bits per heavy atom. The van der Waals surface area contributed by atoms with E-state index in [0.29, 0.717) is 40.8 Å². The second-order valence-electron chi connectivity index (χ2n) is 14.3. The molecule has 1 aromatic heterocycles. The number of benzene rings is 2. The van der Waals surface area contributed by atoms with Gasteiger partial charge in [0.05, 0.1) is 23.3 Å². The average molecular weight is 632 g/mol. The summed E-state index contributed by atoms with van der Waals surface area (Å²) in [5.74, 6) is 2.49. The predicted octanol–water partition coefficient (Wildman–Crippen LogP) is 7.13. The van der Waals surface area contributed by atoms with Gasteiger partial charge in [-0.2, -0.15) is 18.2 Å². The summed E-state index contributed by atoms with van der Waals surface area (Å²) >= 11 is 0. The number of nitrogens with one attached hydrogen (secondary N) is 1. The van der Waals surface area contributed by atoms with Crippen molar-refractivity contribution >= 4 is 34.9 Å². The van der Waals surface area contributed by atoms with Crippen molar-refractivity contribution in [2.45, 2.75) is 64.2 Å². The van der Waals surface area contributed by atoms with Crippen molar-refractivity contribution in [2.24, 2.45) is 17.8 Å². The fourth-order valence-electron chi connectivity index (χ4n) is 9.41. The first-order valence-corrected chi connectivity index (χ1v) is 16.5. The van der Waals surface area contributed by atoms with Crippen molar-refractivity contribution in [3.05, 3.63) is 64.8 Å². The first-order chi connectivity index (χ1) is 22.0. The standard InChI is InChI=1S/C35H40F3N7O/c1-21-4-9-29(35(36,37)38)22(2)30(21)44-20-25-19-39-32(40-27-5-7-28(8-6-27)43-12-10-42(3)11-13-43)41-31(25)45(33(44)46)34-17-23-14-24(18-34)16-26(34)15-23/h4-9,19,23-24,26H,10-18,20H2,1-3H3,(H,39,40,41). The fraction of sp³-hybridized carbons (Fsp3) is 0.514. The molecule has 3 heterocycles. The topological polar surface area (TPSA) is 67.8 Å². The van der Waals surface area contributed by atoms with E-state index in [2.05, 4.69) is 39.3 Å². The van der Waals surface area contributed by atoms with Gasteiger partial charge in [-0.1, -0.05) is 6.07 Å². The maximum Gasteiger partial charge on any atom is 0.416 e. The van der Waals surface area contributed by atoms with Gasteiger partial charge in [0.15, 0.2) is 0 Å². The number of aromatic nitrogens is 2. The first kappa shape index (κ1) is 29.5. The van der Waals surface area contributed by atoms with E-state index < -0.39 is 11.7 Å². The molecule has 6 aliphatic rings. The number of fused-ring (bicyclic) bond motifs is 1. The Bertz CT molecular complexity index is 1670. The zero-order valence-electron chi connectivity index (χ0n) is 26.6. The zero-order chi connectivity index (χ0) is 32.0. The number of aryl methyl sites for hydroxylation is 1. The van der Waals surface area contributed by atoms with E-state index >= 15 is 0 Å². The van der Waals surface area contributed by atoms with Crippen molar-refractivity contribution in [2.75, 3.05) is 53.2 Å². The number of carbonyl (C=O) groups is 1. The molecule has 11 heteroatoms. The smallest absolute Gasteiger partial charge is 0.369 e. The maximum atomic E-state index is 14.8. The van der Waals surface area contributed by atoms with Crippen LogP contribution in [0.1, 0.15) is 54.4 Å². The lowest BCUT2D eigenvalue weighted by molar-refractivity contribution is -0.138. The Balaban J connectivity index is 1.16. The van der Waals surface area contributed by atoms with E-state index in [4.69, 9.17) is 4.98 Å². The summed E-state index contributed by atoms with van der Waals surface area (Å²) in [5.41, 5.74) is 2.70. The summed E-state index contributed by atoms with van der Waals surface area (Å²) in [6, 6.07) is 10.6. The molecule has 0 radical (unpaired) electrons. The molecule has 3 aromatic rings. The van der Waals surface area contributed by atoms with Gasteiger partial charge in [-0.15, -0.1) is 0 Å². The number of amides is 2. The van der Waals surface area contributed by atoms with Gasteiger partial charge < -0.3 is 15.1 Å². The highest BCUT2D eigenvalue weighted by molar-refractivity contribution is 6.07. The highest BCUT2D eigenvalue weighted by Gasteiger charge is 2.63. The number of hydrogen-bond acceptors (Lipinski definition) is 6. The predicted molar refractivity (Wildman–Crippen MR) is 173 cm³/mol. The van der Waals surface area contributed by atoms with E-state index in [0.717, 1.165) is 69.2 Å². The molecular weight excluding hydrogens is 591 g/mol. The number of urea groups is 1. The molecule has 2 aliphatic heterocycles. The number of nitrogens with zero attached hydrogens (tertiary/aromatic N) is 6. The average Bonchev–Trinajstić information content (AvgIpc) is 3.40. The number of halogens is 3. The normalized spacial score (nSPS) is 27.5. The van der Waals surface area contributed by atoms with Crippen LogP contribution in [-0.2, 0) is 12.7 Å². The van der Waals surface area contributed by atoms with Crippen LogP contribution in [0.15, 0.2) is 42.6 Å². The second-order valence-corrected chi connectivity index (χ2v) is 14.3. The molecule has 9 rings (SSSR count). The molecule has 1 saturated heterocycles. The molecule has 46 heavy (non-hydrogen) atoms. The number of anilines is 5. The van der Waals surface area contributed by atoms with Gasteiger partial charge in [-0.25, -0.2) is 9.78 Å². The number of piperazine rings is 1. The second kappa shape index (κ2) is 10.6. The lowest BCUT2D eigenvalue weighted by atomic mass is 9.79. The summed E-state index contributed by atoms with van der Waals surface area (Å²) in [4.78, 5) is 32.5. The molecule has 2 aromatic carbocycles. The van der Waals surface area contributed by atoms with Crippen LogP contribution in [-0.4, -0.2) is 59.7 Å². The molecule has 1 N–H and O–H groups in total. The van der Waals surface area contributed by atoms with Crippen LogP contribution in [0.25, 0.3) is 0 Å². The summed E-state index contributed by atoms with van der Waals surface area (Å²) in [6.07, 6.45) is 2.42. The van der Waals surface area contributed by atoms with Crippen LogP contribution in [0, 0.1) is 31.6 Å². The van der Waals surface area contributed by atoms with Crippen molar-refractivity contribution < 1.29 is 18.0 Å². The molecule has 5 fully saturated rings. The summed E-state index contributed by atoms with van der Waals surface area (Å²) in [7, 11) is 2.14. The summed E-state index contributed by atoms with van der Waals surface area (Å²) in [5, 5.41) is 3.35. The van der Waals surface area contributed by atoms with Gasteiger partial charge in [0, 0.05) is 49.3 Å². The van der Waals surface area contributed by atoms with Crippen molar-refractivity contribution in [1.82, 2.24) is 14.9 Å². The number of rotatable bonds is 5. The van der Waals surface area contributed by atoms with Gasteiger partial charge in [0.2, 0.25) is 5.95 Å². The van der Waals surface area contributed by atoms with E-state index in [-0.39, 0.29) is 23.7 Å². The molecule has 8 nitrogen and oxygen atoms in total. The molecule has 2 atom stereocenters. The van der Waals surface area contributed by atoms with Crippen molar-refractivity contribution in [3.8, 4) is 0 Å². The minimum Gasteiger partial charge on any atom is -0.369 e. The van der Waals surface area contributed by atoms with E-state index in [1.807, 2.05) is 17.0 Å². The van der Waals surface area contributed by atoms with Crippen molar-refractivity contribution in [3.63, 3.8) is 0 Å². The minimum atomic E-state index is -4.52. The van der Waals surface area contributed by atoms with Crippen LogP contribution in [0.4, 0.5) is 46.8 Å². The fourth-order valence-corrected chi connectivity index (χ4v) is 9.41. The molecule has 4 bridgehead atoms. The highest BCUT2D eigenvalue weighted by atomic mass is 19.4. The van der Waals surface area contributed by atoms with E-state index in [1.54, 1.807) is 18.0 Å². The molecular formula is C35H40F3N7O. The lowest BCUT2D eigenvalue weighted by Gasteiger charge is -2.48. The van der Waals surface area contributed by atoms with E-state index in [1.165, 1.54) is 25.1 Å². The van der Waals surface area contributed by atoms with Gasteiger partial charge in [-0.05, 0) is 112 Å². The molecule has 2 unspecified atom stereocenters. The monoisotopic (exact) mass is 631 g/mol. The largest absolute Gasteiger partial charge is 0.416 e. The quantitative estimate of drug-likeness (QED) is 0.323. The van der Waals surface area contributed by atoms with Crippen LogP contribution in [0.3, 0.4) is 0 Å². The number of likely N-dealkylation sites (N-methyl/N-ethyl adjacent to an activating group) is 1. The summed E-state index contributed by atoms with van der Waals surface area (Å²) < 4.78 is 42.1. The third-order valence-electron chi connectivity index (χ3n) is 11.4. The molecule has 2 amide bonds. The Hall–Kier alpha value is -3.86. The third-order valence-corrected chi connectivity index (χ3v) is 11.4. The molecule has 4 aliphatic carbocycles. The van der Waals surface area contributed by atoms with Crippen molar-refractivity contribution in [1.29, 1.82) is 0 Å². The lowest BCUT2D eigenvalue weighted by Crippen LogP contribution is -2.60.